The number of esters is 1. The van der Waals surface area contributed by atoms with Crippen LogP contribution in [0.5, 0.6) is 11.5 Å². The monoisotopic (exact) mass is 395 g/mol. The fourth-order valence-corrected chi connectivity index (χ4v) is 3.26. The molecule has 0 fully saturated rings. The maximum absolute atomic E-state index is 13.0. The molecule has 1 atom stereocenters. The van der Waals surface area contributed by atoms with Crippen LogP contribution in [0.3, 0.4) is 0 Å². The number of rotatable bonds is 8. The van der Waals surface area contributed by atoms with Crippen LogP contribution in [-0.2, 0) is 4.74 Å². The second-order valence-corrected chi connectivity index (χ2v) is 6.61. The van der Waals surface area contributed by atoms with E-state index in [1.165, 1.54) is 0 Å². The number of Topliss-reactive ketones (excluding diaryl/α,β-unsaturated/α-hetero) is 1. The molecule has 0 amide bonds. The third kappa shape index (κ3) is 4.26. The number of fused-ring (bicyclic) bond motifs is 1. The first kappa shape index (κ1) is 20.5. The van der Waals surface area contributed by atoms with Crippen molar-refractivity contribution in [1.82, 2.24) is 4.98 Å². The molecule has 1 aromatic heterocycles. The molecule has 0 saturated heterocycles. The van der Waals surface area contributed by atoms with Gasteiger partial charge in [-0.3, -0.25) is 4.79 Å². The highest BCUT2D eigenvalue weighted by Gasteiger charge is 2.25. The molecule has 29 heavy (non-hydrogen) atoms. The van der Waals surface area contributed by atoms with Crippen LogP contribution in [0.4, 0.5) is 0 Å². The molecular weight excluding hydrogens is 370 g/mol. The van der Waals surface area contributed by atoms with Crippen molar-refractivity contribution in [2.45, 2.75) is 33.8 Å². The number of ether oxygens (including phenoxy) is 3. The molecule has 2 aromatic carbocycles. The van der Waals surface area contributed by atoms with Gasteiger partial charge in [0.05, 0.1) is 18.8 Å². The Morgan fingerprint density at radius 3 is 2.41 bits per heavy atom. The van der Waals surface area contributed by atoms with E-state index in [0.29, 0.717) is 35.8 Å². The summed E-state index contributed by atoms with van der Waals surface area (Å²) in [6.45, 7) is 8.07. The van der Waals surface area contributed by atoms with Crippen molar-refractivity contribution in [3.05, 3.63) is 59.3 Å². The molecule has 152 valence electrons. The molecule has 0 spiro atoms. The molecule has 6 nitrogen and oxygen atoms in total. The molecule has 0 bridgehead atoms. The second kappa shape index (κ2) is 8.82. The minimum absolute atomic E-state index is 0.246. The highest BCUT2D eigenvalue weighted by atomic mass is 16.5. The van der Waals surface area contributed by atoms with Gasteiger partial charge < -0.3 is 19.2 Å². The number of carbonyl (C=O) groups excluding carboxylic acids is 2. The lowest BCUT2D eigenvalue weighted by Crippen LogP contribution is -2.25. The van der Waals surface area contributed by atoms with Crippen LogP contribution in [0.1, 0.15) is 47.2 Å². The summed E-state index contributed by atoms with van der Waals surface area (Å²) in [5.41, 5.74) is 2.47. The number of aryl methyl sites for hydroxylation is 1. The van der Waals surface area contributed by atoms with Crippen LogP contribution >= 0.6 is 0 Å². The number of hydrogen-bond acceptors (Lipinski definition) is 5. The van der Waals surface area contributed by atoms with Gasteiger partial charge in [-0.15, -0.1) is 0 Å². The smallest absolute Gasteiger partial charge is 0.338 e. The number of benzene rings is 2. The van der Waals surface area contributed by atoms with Crippen molar-refractivity contribution in [3.63, 3.8) is 0 Å². The zero-order chi connectivity index (χ0) is 21.0. The lowest BCUT2D eigenvalue weighted by molar-refractivity contribution is 0.0318. The maximum Gasteiger partial charge on any atom is 0.338 e. The van der Waals surface area contributed by atoms with E-state index in [-0.39, 0.29) is 5.78 Å². The van der Waals surface area contributed by atoms with Gasteiger partial charge in [0, 0.05) is 22.2 Å². The summed E-state index contributed by atoms with van der Waals surface area (Å²) in [6, 6.07) is 12.4. The number of para-hydroxylation sites is 1. The number of ketones is 1. The first-order valence-corrected chi connectivity index (χ1v) is 9.68. The van der Waals surface area contributed by atoms with Gasteiger partial charge in [0.2, 0.25) is 5.78 Å². The van der Waals surface area contributed by atoms with Crippen molar-refractivity contribution < 1.29 is 23.8 Å². The van der Waals surface area contributed by atoms with E-state index >= 15 is 0 Å². The van der Waals surface area contributed by atoms with Crippen molar-refractivity contribution in [3.8, 4) is 11.5 Å². The summed E-state index contributed by atoms with van der Waals surface area (Å²) >= 11 is 0. The Hall–Kier alpha value is -3.28. The summed E-state index contributed by atoms with van der Waals surface area (Å²) < 4.78 is 16.5. The van der Waals surface area contributed by atoms with Crippen molar-refractivity contribution in [2.24, 2.45) is 0 Å². The van der Waals surface area contributed by atoms with Crippen LogP contribution in [-0.4, -0.2) is 36.1 Å². The van der Waals surface area contributed by atoms with Crippen LogP contribution in [0.2, 0.25) is 0 Å². The molecule has 3 rings (SSSR count). The molecule has 0 saturated carbocycles. The Balaban J connectivity index is 1.80. The van der Waals surface area contributed by atoms with Crippen LogP contribution in [0.15, 0.2) is 42.5 Å². The van der Waals surface area contributed by atoms with Crippen LogP contribution in [0, 0.1) is 6.92 Å². The Bertz CT molecular complexity index is 1040. The lowest BCUT2D eigenvalue weighted by Gasteiger charge is -2.15. The van der Waals surface area contributed by atoms with Gasteiger partial charge in [-0.1, -0.05) is 18.2 Å². The molecule has 1 N–H and O–H groups in total. The molecule has 0 radical (unpaired) electrons. The third-order valence-corrected chi connectivity index (χ3v) is 4.57. The Kier molecular flexibility index (Phi) is 6.22. The van der Waals surface area contributed by atoms with Gasteiger partial charge >= 0.3 is 5.97 Å². The molecular formula is C23H25NO5. The van der Waals surface area contributed by atoms with Crippen molar-refractivity contribution >= 4 is 22.7 Å². The standard InChI is InChI=1S/C23H25NO5/c1-5-27-19-12-11-16(13-20(19)28-6-2)23(26)29-15(4)22(25)21-14(3)24-18-10-8-7-9-17(18)21/h7-13,15,24H,5-6H2,1-4H3/t15-/m1/s1. The fourth-order valence-electron chi connectivity index (χ4n) is 3.26. The van der Waals surface area contributed by atoms with E-state index in [2.05, 4.69) is 4.98 Å². The predicted molar refractivity (Wildman–Crippen MR) is 111 cm³/mol. The van der Waals surface area contributed by atoms with Gasteiger partial charge in [0.15, 0.2) is 17.6 Å². The predicted octanol–water partition coefficient (Wildman–Crippen LogP) is 4.70. The molecule has 0 aliphatic rings. The Morgan fingerprint density at radius 2 is 1.69 bits per heavy atom. The quantitative estimate of drug-likeness (QED) is 0.442. The summed E-state index contributed by atoms with van der Waals surface area (Å²) in [6.07, 6.45) is -0.928. The van der Waals surface area contributed by atoms with E-state index in [4.69, 9.17) is 14.2 Å². The van der Waals surface area contributed by atoms with Gasteiger partial charge in [-0.2, -0.15) is 0 Å². The molecule has 6 heteroatoms. The number of aromatic nitrogens is 1. The van der Waals surface area contributed by atoms with Crippen LogP contribution < -0.4 is 9.47 Å². The minimum Gasteiger partial charge on any atom is -0.490 e. The SMILES string of the molecule is CCOc1ccc(C(=O)O[C@H](C)C(=O)c2c(C)[nH]c3ccccc23)cc1OCC. The van der Waals surface area contributed by atoms with Crippen molar-refractivity contribution in [1.29, 1.82) is 0 Å². The number of nitrogens with one attached hydrogen (secondary N) is 1. The lowest BCUT2D eigenvalue weighted by atomic mass is 10.0. The van der Waals surface area contributed by atoms with Gasteiger partial charge in [0.1, 0.15) is 0 Å². The normalized spacial score (nSPS) is 11.9. The average molecular weight is 395 g/mol. The third-order valence-electron chi connectivity index (χ3n) is 4.57. The average Bonchev–Trinajstić information content (AvgIpc) is 3.04. The first-order valence-electron chi connectivity index (χ1n) is 9.68. The molecule has 0 aliphatic heterocycles. The zero-order valence-corrected chi connectivity index (χ0v) is 17.1. The van der Waals surface area contributed by atoms with E-state index in [0.717, 1.165) is 16.6 Å². The number of H-pyrrole nitrogens is 1. The molecule has 3 aromatic rings. The first-order chi connectivity index (χ1) is 14.0. The fraction of sp³-hybridized carbons (Fsp3) is 0.304. The number of hydrogen-bond donors (Lipinski definition) is 1. The van der Waals surface area contributed by atoms with Gasteiger partial charge in [-0.25, -0.2) is 4.79 Å². The Morgan fingerprint density at radius 1 is 1.00 bits per heavy atom. The largest absolute Gasteiger partial charge is 0.490 e. The Labute approximate surface area is 169 Å². The van der Waals surface area contributed by atoms with E-state index < -0.39 is 12.1 Å². The number of carbonyl (C=O) groups is 2. The van der Waals surface area contributed by atoms with E-state index in [9.17, 15) is 9.59 Å². The van der Waals surface area contributed by atoms with Crippen molar-refractivity contribution in [2.75, 3.05) is 13.2 Å². The second-order valence-electron chi connectivity index (χ2n) is 6.61. The summed E-state index contributed by atoms with van der Waals surface area (Å²) in [5, 5.41) is 0.817. The summed E-state index contributed by atoms with van der Waals surface area (Å²) in [7, 11) is 0. The van der Waals surface area contributed by atoms with Gasteiger partial charge in [-0.05, 0) is 52.0 Å². The minimum atomic E-state index is -0.928. The van der Waals surface area contributed by atoms with E-state index in [1.807, 2.05) is 45.0 Å². The molecule has 1 heterocycles. The highest BCUT2D eigenvalue weighted by molar-refractivity contribution is 6.11. The number of aromatic amines is 1. The van der Waals surface area contributed by atoms with E-state index in [1.54, 1.807) is 25.1 Å². The van der Waals surface area contributed by atoms with Crippen LogP contribution in [0.25, 0.3) is 10.9 Å². The van der Waals surface area contributed by atoms with Gasteiger partial charge in [0.25, 0.3) is 0 Å². The zero-order valence-electron chi connectivity index (χ0n) is 17.1. The summed E-state index contributed by atoms with van der Waals surface area (Å²) in [4.78, 5) is 28.8. The maximum atomic E-state index is 13.0. The molecule has 0 unspecified atom stereocenters. The highest BCUT2D eigenvalue weighted by Crippen LogP contribution is 2.29. The molecule has 0 aliphatic carbocycles. The summed E-state index contributed by atoms with van der Waals surface area (Å²) in [5.74, 6) is 0.191. The topological polar surface area (TPSA) is 77.6 Å².